The fourth-order valence-electron chi connectivity index (χ4n) is 3.65. The molecule has 1 rings (SSSR count). The molecule has 0 aromatic rings. The molecule has 1 heterocycles. The normalized spacial score (nSPS) is 20.7. The molecule has 0 bridgehead atoms. The number of carboxylic acid groups (broad SMARTS) is 4. The molecular weight excluding hydrogens is 440 g/mol. The highest BCUT2D eigenvalue weighted by Gasteiger charge is 2.26. The van der Waals surface area contributed by atoms with Gasteiger partial charge in [-0.3, -0.25) is 38.8 Å². The lowest BCUT2D eigenvalue weighted by Gasteiger charge is -2.37. The summed E-state index contributed by atoms with van der Waals surface area (Å²) in [6, 6.07) is -0.406. The molecule has 0 aliphatic carbocycles. The van der Waals surface area contributed by atoms with Crippen LogP contribution in [0.4, 0.5) is 0 Å². The number of aliphatic carboxylic acids is 4. The van der Waals surface area contributed by atoms with E-state index in [1.54, 1.807) is 32.9 Å². The van der Waals surface area contributed by atoms with E-state index in [4.69, 9.17) is 0 Å². The monoisotopic (exact) mass is 474 g/mol. The van der Waals surface area contributed by atoms with Crippen LogP contribution in [0.1, 0.15) is 6.42 Å². The Morgan fingerprint density at radius 3 is 1.64 bits per heavy atom. The SMILES string of the molecule is CN/N=C/CC1CN(CC(=O)O)CCN(CC(=O)O)CCN(CC(=O)O)CCN1CC(=O)O. The van der Waals surface area contributed by atoms with Gasteiger partial charge in [-0.2, -0.15) is 5.10 Å². The van der Waals surface area contributed by atoms with Crippen LogP contribution in [0.3, 0.4) is 0 Å². The van der Waals surface area contributed by atoms with Crippen LogP contribution in [0, 0.1) is 0 Å². The maximum atomic E-state index is 11.5. The van der Waals surface area contributed by atoms with E-state index < -0.39 is 29.9 Å². The molecule has 0 radical (unpaired) electrons. The highest BCUT2D eigenvalue weighted by Crippen LogP contribution is 2.09. The van der Waals surface area contributed by atoms with Gasteiger partial charge >= 0.3 is 23.9 Å². The van der Waals surface area contributed by atoms with E-state index in [-0.39, 0.29) is 72.0 Å². The van der Waals surface area contributed by atoms with Gasteiger partial charge in [0, 0.05) is 71.5 Å². The summed E-state index contributed by atoms with van der Waals surface area (Å²) in [5.74, 6) is -4.18. The first-order valence-electron chi connectivity index (χ1n) is 10.6. The van der Waals surface area contributed by atoms with Gasteiger partial charge in [0.05, 0.1) is 26.2 Å². The average molecular weight is 475 g/mol. The molecule has 0 spiro atoms. The van der Waals surface area contributed by atoms with Gasteiger partial charge in [-0.15, -0.1) is 0 Å². The topological polar surface area (TPSA) is 187 Å². The van der Waals surface area contributed by atoms with Crippen LogP contribution in [0.25, 0.3) is 0 Å². The number of nitrogens with zero attached hydrogens (tertiary/aromatic N) is 5. The highest BCUT2D eigenvalue weighted by molar-refractivity contribution is 5.70. The fraction of sp³-hybridized carbons (Fsp3) is 0.737. The zero-order valence-corrected chi connectivity index (χ0v) is 18.8. The first kappa shape index (κ1) is 28.2. The van der Waals surface area contributed by atoms with Gasteiger partial charge in [0.25, 0.3) is 0 Å². The molecule has 1 atom stereocenters. The zero-order valence-electron chi connectivity index (χ0n) is 18.8. The molecule has 1 unspecified atom stereocenters. The van der Waals surface area contributed by atoms with Crippen LogP contribution in [-0.2, 0) is 19.2 Å². The van der Waals surface area contributed by atoms with Crippen molar-refractivity contribution < 1.29 is 39.6 Å². The molecular formula is C19H34N6O8. The second kappa shape index (κ2) is 15.1. The average Bonchev–Trinajstić information content (AvgIpc) is 2.69. The van der Waals surface area contributed by atoms with E-state index in [1.807, 2.05) is 0 Å². The third-order valence-corrected chi connectivity index (χ3v) is 5.17. The summed E-state index contributed by atoms with van der Waals surface area (Å²) in [6.07, 6.45) is 1.91. The number of hydrazone groups is 1. The van der Waals surface area contributed by atoms with Crippen molar-refractivity contribution in [2.24, 2.45) is 5.10 Å². The number of carbonyl (C=O) groups is 4. The summed E-state index contributed by atoms with van der Waals surface area (Å²) in [6.45, 7) is 0.645. The molecule has 0 aromatic carbocycles. The minimum atomic E-state index is -1.06. The smallest absolute Gasteiger partial charge is 0.317 e. The summed E-state index contributed by atoms with van der Waals surface area (Å²) in [7, 11) is 1.62. The van der Waals surface area contributed by atoms with E-state index in [1.165, 1.54) is 0 Å². The lowest BCUT2D eigenvalue weighted by Crippen LogP contribution is -2.53. The van der Waals surface area contributed by atoms with Crippen molar-refractivity contribution in [3.63, 3.8) is 0 Å². The molecule has 14 nitrogen and oxygen atoms in total. The third kappa shape index (κ3) is 12.7. The Bertz CT molecular complexity index is 691. The van der Waals surface area contributed by atoms with Crippen molar-refractivity contribution in [2.45, 2.75) is 12.5 Å². The molecule has 0 aromatic heterocycles. The highest BCUT2D eigenvalue weighted by atomic mass is 16.4. The Labute approximate surface area is 192 Å². The van der Waals surface area contributed by atoms with Gasteiger partial charge in [0.2, 0.25) is 0 Å². The summed E-state index contributed by atoms with van der Waals surface area (Å²) in [4.78, 5) is 52.1. The number of hydrogen-bond acceptors (Lipinski definition) is 10. The van der Waals surface area contributed by atoms with E-state index in [0.717, 1.165) is 0 Å². The Hall–Kier alpha value is -2.81. The molecule has 33 heavy (non-hydrogen) atoms. The minimum Gasteiger partial charge on any atom is -0.480 e. The van der Waals surface area contributed by atoms with E-state index in [0.29, 0.717) is 6.42 Å². The van der Waals surface area contributed by atoms with Crippen LogP contribution in [0.15, 0.2) is 5.10 Å². The van der Waals surface area contributed by atoms with Gasteiger partial charge < -0.3 is 25.9 Å². The first-order valence-corrected chi connectivity index (χ1v) is 10.6. The van der Waals surface area contributed by atoms with E-state index in [9.17, 15) is 39.6 Å². The van der Waals surface area contributed by atoms with Crippen LogP contribution in [-0.4, -0.2) is 155 Å². The van der Waals surface area contributed by atoms with Crippen LogP contribution < -0.4 is 5.43 Å². The Balaban J connectivity index is 3.22. The second-order valence-electron chi connectivity index (χ2n) is 7.76. The number of nitrogens with one attached hydrogen (secondary N) is 1. The van der Waals surface area contributed by atoms with Gasteiger partial charge in [-0.25, -0.2) is 0 Å². The largest absolute Gasteiger partial charge is 0.480 e. The van der Waals surface area contributed by atoms with E-state index in [2.05, 4.69) is 10.5 Å². The van der Waals surface area contributed by atoms with E-state index >= 15 is 0 Å². The maximum Gasteiger partial charge on any atom is 0.317 e. The van der Waals surface area contributed by atoms with Gasteiger partial charge in [-0.1, -0.05) is 0 Å². The Morgan fingerprint density at radius 2 is 1.18 bits per heavy atom. The molecule has 14 heteroatoms. The summed E-state index contributed by atoms with van der Waals surface area (Å²) in [5, 5.41) is 41.2. The van der Waals surface area contributed by atoms with Crippen molar-refractivity contribution in [2.75, 3.05) is 79.0 Å². The molecule has 1 aliphatic heterocycles. The van der Waals surface area contributed by atoms with Crippen LogP contribution in [0.5, 0.6) is 0 Å². The predicted molar refractivity (Wildman–Crippen MR) is 117 cm³/mol. The number of hydrogen-bond donors (Lipinski definition) is 5. The quantitative estimate of drug-likeness (QED) is 0.156. The number of rotatable bonds is 11. The summed E-state index contributed by atoms with van der Waals surface area (Å²) >= 11 is 0. The molecule has 0 amide bonds. The van der Waals surface area contributed by atoms with Crippen molar-refractivity contribution in [3.8, 4) is 0 Å². The lowest BCUT2D eigenvalue weighted by molar-refractivity contribution is -0.142. The molecule has 1 saturated heterocycles. The van der Waals surface area contributed by atoms with Crippen molar-refractivity contribution >= 4 is 30.1 Å². The Morgan fingerprint density at radius 1 is 0.758 bits per heavy atom. The van der Waals surface area contributed by atoms with Crippen LogP contribution in [0.2, 0.25) is 0 Å². The molecule has 188 valence electrons. The molecule has 1 aliphatic rings. The standard InChI is InChI=1S/C19H34N6O8/c1-20-21-3-2-15-10-24(13-18(30)31)7-6-22(11-16(26)27)4-5-23(12-17(28)29)8-9-25(15)14-19(32)33/h3,15,20H,2,4-14H2,1H3,(H,26,27)(H,28,29)(H,30,31)(H,32,33)/b21-3+. The third-order valence-electron chi connectivity index (χ3n) is 5.17. The summed E-state index contributed by atoms with van der Waals surface area (Å²) < 4.78 is 0. The first-order chi connectivity index (χ1) is 15.6. The molecule has 1 fully saturated rings. The van der Waals surface area contributed by atoms with Gasteiger partial charge in [0.1, 0.15) is 0 Å². The fourth-order valence-corrected chi connectivity index (χ4v) is 3.65. The number of carboxylic acids is 4. The predicted octanol–water partition coefficient (Wildman–Crippen LogP) is -2.49. The maximum absolute atomic E-state index is 11.5. The minimum absolute atomic E-state index is 0.217. The van der Waals surface area contributed by atoms with Crippen molar-refractivity contribution in [3.05, 3.63) is 0 Å². The molecule has 0 saturated carbocycles. The lowest BCUT2D eigenvalue weighted by atomic mass is 10.1. The summed E-state index contributed by atoms with van der Waals surface area (Å²) in [5.41, 5.74) is 2.62. The van der Waals surface area contributed by atoms with Gasteiger partial charge in [0.15, 0.2) is 0 Å². The Kier molecular flexibility index (Phi) is 12.9. The van der Waals surface area contributed by atoms with Gasteiger partial charge in [-0.05, 0) is 0 Å². The van der Waals surface area contributed by atoms with Crippen molar-refractivity contribution in [1.29, 1.82) is 0 Å². The second-order valence-corrected chi connectivity index (χ2v) is 7.76. The zero-order chi connectivity index (χ0) is 24.8. The molecule has 5 N–H and O–H groups in total. The van der Waals surface area contributed by atoms with Crippen molar-refractivity contribution in [1.82, 2.24) is 25.0 Å². The van der Waals surface area contributed by atoms with Crippen LogP contribution >= 0.6 is 0 Å².